The monoisotopic (exact) mass is 186 g/mol. The number of carbonyl (C=O) groups is 1. The van der Waals surface area contributed by atoms with Gasteiger partial charge in [0, 0.05) is 26.1 Å². The molecule has 1 aliphatic heterocycles. The van der Waals surface area contributed by atoms with E-state index in [9.17, 15) is 4.79 Å². The summed E-state index contributed by atoms with van der Waals surface area (Å²) in [6.07, 6.45) is 2.38. The van der Waals surface area contributed by atoms with Gasteiger partial charge in [0.2, 0.25) is 0 Å². The summed E-state index contributed by atoms with van der Waals surface area (Å²) in [6, 6.07) is 0. The number of hydrogen-bond acceptors (Lipinski definition) is 3. The number of carboxylic acids is 1. The first kappa shape index (κ1) is 10.2. The van der Waals surface area contributed by atoms with E-state index in [1.807, 2.05) is 0 Å². The Hall–Kier alpha value is -0.870. The Morgan fingerprint density at radius 1 is 1.62 bits per heavy atom. The van der Waals surface area contributed by atoms with Crippen LogP contribution in [0.3, 0.4) is 0 Å². The second-order valence-electron chi connectivity index (χ2n) is 3.01. The molecule has 0 amide bonds. The second-order valence-corrected chi connectivity index (χ2v) is 3.01. The van der Waals surface area contributed by atoms with Crippen molar-refractivity contribution in [3.63, 3.8) is 0 Å². The third-order valence-corrected chi connectivity index (χ3v) is 2.17. The lowest BCUT2D eigenvalue weighted by atomic mass is 9.94. The molecule has 1 saturated heterocycles. The molecule has 13 heavy (non-hydrogen) atoms. The van der Waals surface area contributed by atoms with E-state index in [-0.39, 0.29) is 6.61 Å². The quantitative estimate of drug-likeness (QED) is 0.660. The molecule has 0 aromatic carbocycles. The van der Waals surface area contributed by atoms with Crippen LogP contribution in [0.15, 0.2) is 12.7 Å². The Kier molecular flexibility index (Phi) is 3.45. The number of ether oxygens (including phenoxy) is 2. The Labute approximate surface area is 77.1 Å². The fourth-order valence-corrected chi connectivity index (χ4v) is 1.34. The largest absolute Gasteiger partial charge is 0.479 e. The van der Waals surface area contributed by atoms with Crippen LogP contribution in [-0.4, -0.2) is 36.5 Å². The van der Waals surface area contributed by atoms with Crippen LogP contribution in [0.1, 0.15) is 12.8 Å². The van der Waals surface area contributed by atoms with Gasteiger partial charge in [0.15, 0.2) is 5.60 Å². The van der Waals surface area contributed by atoms with Crippen LogP contribution in [-0.2, 0) is 14.3 Å². The minimum absolute atomic E-state index is 0.270. The molecule has 1 rings (SSSR count). The van der Waals surface area contributed by atoms with E-state index in [1.165, 1.54) is 0 Å². The van der Waals surface area contributed by atoms with Gasteiger partial charge >= 0.3 is 5.97 Å². The summed E-state index contributed by atoms with van der Waals surface area (Å²) in [5, 5.41) is 9.00. The normalized spacial score (nSPS) is 20.9. The summed E-state index contributed by atoms with van der Waals surface area (Å²) >= 11 is 0. The molecule has 1 fully saturated rings. The van der Waals surface area contributed by atoms with Gasteiger partial charge in [-0.2, -0.15) is 0 Å². The van der Waals surface area contributed by atoms with Gasteiger partial charge in [-0.15, -0.1) is 6.58 Å². The molecule has 0 spiro atoms. The Balaban J connectivity index is 2.61. The van der Waals surface area contributed by atoms with Crippen LogP contribution >= 0.6 is 0 Å². The van der Waals surface area contributed by atoms with Crippen LogP contribution in [0, 0.1) is 0 Å². The Bertz CT molecular complexity index is 194. The van der Waals surface area contributed by atoms with Crippen molar-refractivity contribution in [1.29, 1.82) is 0 Å². The summed E-state index contributed by atoms with van der Waals surface area (Å²) in [7, 11) is 0. The molecule has 0 bridgehead atoms. The zero-order valence-electron chi connectivity index (χ0n) is 7.49. The Morgan fingerprint density at radius 3 is 2.69 bits per heavy atom. The molecule has 0 saturated carbocycles. The molecule has 4 nitrogen and oxygen atoms in total. The fraction of sp³-hybridized carbons (Fsp3) is 0.667. The van der Waals surface area contributed by atoms with Crippen LogP contribution in [0.4, 0.5) is 0 Å². The molecule has 0 aromatic rings. The van der Waals surface area contributed by atoms with Crippen LogP contribution in [0.2, 0.25) is 0 Å². The van der Waals surface area contributed by atoms with Gasteiger partial charge in [-0.1, -0.05) is 6.08 Å². The van der Waals surface area contributed by atoms with E-state index in [0.717, 1.165) is 0 Å². The predicted octanol–water partition coefficient (Wildman–Crippen LogP) is 0.823. The van der Waals surface area contributed by atoms with Gasteiger partial charge in [-0.05, 0) is 0 Å². The molecule has 1 heterocycles. The lowest BCUT2D eigenvalue weighted by molar-refractivity contribution is -0.176. The summed E-state index contributed by atoms with van der Waals surface area (Å²) in [6.45, 7) is 4.65. The van der Waals surface area contributed by atoms with Crippen LogP contribution in [0.5, 0.6) is 0 Å². The lowest BCUT2D eigenvalue weighted by Gasteiger charge is -2.32. The van der Waals surface area contributed by atoms with Gasteiger partial charge < -0.3 is 14.6 Å². The van der Waals surface area contributed by atoms with Gasteiger partial charge in [0.1, 0.15) is 0 Å². The van der Waals surface area contributed by atoms with Crippen molar-refractivity contribution in [2.75, 3.05) is 19.8 Å². The van der Waals surface area contributed by atoms with Gasteiger partial charge in [0.05, 0.1) is 6.61 Å². The van der Waals surface area contributed by atoms with Gasteiger partial charge in [-0.25, -0.2) is 4.79 Å². The number of aliphatic carboxylic acids is 1. The predicted molar refractivity (Wildman–Crippen MR) is 46.6 cm³/mol. The molecular formula is C9H14O4. The third-order valence-electron chi connectivity index (χ3n) is 2.17. The first-order chi connectivity index (χ1) is 6.21. The average Bonchev–Trinajstić information content (AvgIpc) is 2.16. The van der Waals surface area contributed by atoms with E-state index in [0.29, 0.717) is 26.1 Å². The molecule has 0 atom stereocenters. The molecule has 0 aliphatic carbocycles. The second kappa shape index (κ2) is 4.39. The first-order valence-corrected chi connectivity index (χ1v) is 4.27. The maximum atomic E-state index is 11.0. The minimum atomic E-state index is -1.05. The van der Waals surface area contributed by atoms with Crippen molar-refractivity contribution < 1.29 is 19.4 Å². The molecule has 0 radical (unpaired) electrons. The maximum absolute atomic E-state index is 11.0. The van der Waals surface area contributed by atoms with Crippen molar-refractivity contribution in [1.82, 2.24) is 0 Å². The van der Waals surface area contributed by atoms with Gasteiger partial charge in [-0.3, -0.25) is 0 Å². The van der Waals surface area contributed by atoms with E-state index >= 15 is 0 Å². The summed E-state index contributed by atoms with van der Waals surface area (Å²) < 4.78 is 10.4. The maximum Gasteiger partial charge on any atom is 0.336 e. The highest BCUT2D eigenvalue weighted by Crippen LogP contribution is 2.25. The van der Waals surface area contributed by atoms with Crippen molar-refractivity contribution in [3.8, 4) is 0 Å². The number of hydrogen-bond donors (Lipinski definition) is 1. The van der Waals surface area contributed by atoms with Crippen LogP contribution < -0.4 is 0 Å². The Morgan fingerprint density at radius 2 is 2.23 bits per heavy atom. The average molecular weight is 186 g/mol. The molecule has 0 unspecified atom stereocenters. The summed E-state index contributed by atoms with van der Waals surface area (Å²) in [4.78, 5) is 11.0. The highest BCUT2D eigenvalue weighted by molar-refractivity contribution is 5.77. The molecular weight excluding hydrogens is 172 g/mol. The van der Waals surface area contributed by atoms with Crippen molar-refractivity contribution in [2.45, 2.75) is 18.4 Å². The standard InChI is InChI=1S/C9H14O4/c1-2-5-13-9(8(10)11)3-6-12-7-4-9/h2H,1,3-7H2,(H,10,11). The molecule has 74 valence electrons. The highest BCUT2D eigenvalue weighted by Gasteiger charge is 2.40. The fourth-order valence-electron chi connectivity index (χ4n) is 1.34. The third kappa shape index (κ3) is 2.29. The molecule has 1 aliphatic rings. The van der Waals surface area contributed by atoms with Gasteiger partial charge in [0.25, 0.3) is 0 Å². The van der Waals surface area contributed by atoms with E-state index in [1.54, 1.807) is 6.08 Å². The zero-order valence-corrected chi connectivity index (χ0v) is 7.49. The summed E-state index contributed by atoms with van der Waals surface area (Å²) in [5.41, 5.74) is -1.05. The SMILES string of the molecule is C=CCOC1(C(=O)O)CCOCC1. The van der Waals surface area contributed by atoms with E-state index in [4.69, 9.17) is 14.6 Å². The first-order valence-electron chi connectivity index (χ1n) is 4.27. The number of rotatable bonds is 4. The van der Waals surface area contributed by atoms with E-state index in [2.05, 4.69) is 6.58 Å². The zero-order chi connectivity index (χ0) is 9.73. The molecule has 0 aromatic heterocycles. The summed E-state index contributed by atoms with van der Waals surface area (Å²) in [5.74, 6) is -0.905. The smallest absolute Gasteiger partial charge is 0.336 e. The van der Waals surface area contributed by atoms with Crippen molar-refractivity contribution in [3.05, 3.63) is 12.7 Å². The molecule has 4 heteroatoms. The molecule has 1 N–H and O–H groups in total. The van der Waals surface area contributed by atoms with Crippen LogP contribution in [0.25, 0.3) is 0 Å². The highest BCUT2D eigenvalue weighted by atomic mass is 16.5. The van der Waals surface area contributed by atoms with E-state index < -0.39 is 11.6 Å². The van der Waals surface area contributed by atoms with Crippen molar-refractivity contribution in [2.24, 2.45) is 0 Å². The minimum Gasteiger partial charge on any atom is -0.479 e. The number of carboxylic acid groups (broad SMARTS) is 1. The van der Waals surface area contributed by atoms with Crippen molar-refractivity contribution >= 4 is 5.97 Å². The topological polar surface area (TPSA) is 55.8 Å². The lowest BCUT2D eigenvalue weighted by Crippen LogP contribution is -2.46.